The first-order chi connectivity index (χ1) is 8.43. The van der Waals surface area contributed by atoms with Crippen LogP contribution in [0.25, 0.3) is 0 Å². The molecule has 1 heterocycles. The monoisotopic (exact) mass is 278 g/mol. The summed E-state index contributed by atoms with van der Waals surface area (Å²) >= 11 is 0. The maximum atomic E-state index is 11.8. The third-order valence-corrected chi connectivity index (χ3v) is 4.93. The third kappa shape index (κ3) is 6.13. The molecular weight excluding hydrogens is 252 g/mol. The average molecular weight is 278 g/mol. The van der Waals surface area contributed by atoms with Gasteiger partial charge in [0, 0.05) is 19.7 Å². The Morgan fingerprint density at radius 2 is 1.94 bits per heavy atom. The molecule has 0 aromatic rings. The molecule has 0 bridgehead atoms. The van der Waals surface area contributed by atoms with Crippen LogP contribution in [0.3, 0.4) is 0 Å². The second kappa shape index (κ2) is 7.43. The van der Waals surface area contributed by atoms with E-state index in [4.69, 9.17) is 4.74 Å². The van der Waals surface area contributed by atoms with Crippen molar-refractivity contribution < 1.29 is 13.2 Å². The third-order valence-electron chi connectivity index (χ3n) is 3.19. The molecule has 0 aromatic carbocycles. The SMILES string of the molecule is COCCN1CCC(CS(=O)(=O)NC(C)C)CC1. The summed E-state index contributed by atoms with van der Waals surface area (Å²) in [5.74, 6) is 0.559. The maximum Gasteiger partial charge on any atom is 0.212 e. The van der Waals surface area contributed by atoms with Crippen molar-refractivity contribution in [3.05, 3.63) is 0 Å². The Morgan fingerprint density at radius 3 is 2.44 bits per heavy atom. The topological polar surface area (TPSA) is 58.6 Å². The summed E-state index contributed by atoms with van der Waals surface area (Å²) in [7, 11) is -1.40. The van der Waals surface area contributed by atoms with Crippen LogP contribution in [-0.2, 0) is 14.8 Å². The predicted octanol–water partition coefficient (Wildman–Crippen LogP) is 0.673. The zero-order valence-corrected chi connectivity index (χ0v) is 12.5. The molecule has 0 saturated carbocycles. The van der Waals surface area contributed by atoms with Crippen molar-refractivity contribution in [1.82, 2.24) is 9.62 Å². The fourth-order valence-electron chi connectivity index (χ4n) is 2.31. The number of methoxy groups -OCH3 is 1. The molecule has 5 nitrogen and oxygen atoms in total. The Balaban J connectivity index is 2.31. The normalized spacial score (nSPS) is 19.6. The van der Waals surface area contributed by atoms with E-state index in [1.54, 1.807) is 7.11 Å². The number of sulfonamides is 1. The van der Waals surface area contributed by atoms with Gasteiger partial charge >= 0.3 is 0 Å². The van der Waals surface area contributed by atoms with Crippen LogP contribution in [0.15, 0.2) is 0 Å². The molecule has 0 atom stereocenters. The number of likely N-dealkylation sites (tertiary alicyclic amines) is 1. The van der Waals surface area contributed by atoms with Gasteiger partial charge in [0.25, 0.3) is 0 Å². The van der Waals surface area contributed by atoms with E-state index in [0.29, 0.717) is 5.92 Å². The molecule has 0 amide bonds. The van der Waals surface area contributed by atoms with E-state index in [-0.39, 0.29) is 11.8 Å². The summed E-state index contributed by atoms with van der Waals surface area (Å²) in [6.45, 7) is 7.35. The zero-order chi connectivity index (χ0) is 13.6. The number of nitrogens with one attached hydrogen (secondary N) is 1. The van der Waals surface area contributed by atoms with Gasteiger partial charge in [0.2, 0.25) is 10.0 Å². The lowest BCUT2D eigenvalue weighted by Crippen LogP contribution is -2.40. The molecule has 0 aliphatic carbocycles. The van der Waals surface area contributed by atoms with Gasteiger partial charge in [0.15, 0.2) is 0 Å². The van der Waals surface area contributed by atoms with E-state index in [9.17, 15) is 8.42 Å². The van der Waals surface area contributed by atoms with Crippen molar-refractivity contribution in [1.29, 1.82) is 0 Å². The standard InChI is InChI=1S/C12H26N2O3S/c1-11(2)13-18(15,16)10-12-4-6-14(7-5-12)8-9-17-3/h11-13H,4-10H2,1-3H3. The van der Waals surface area contributed by atoms with Gasteiger partial charge in [-0.25, -0.2) is 13.1 Å². The molecule has 1 rings (SSSR count). The fourth-order valence-corrected chi connectivity index (χ4v) is 4.08. The van der Waals surface area contributed by atoms with Crippen LogP contribution in [0.4, 0.5) is 0 Å². The molecule has 1 fully saturated rings. The van der Waals surface area contributed by atoms with Crippen molar-refractivity contribution in [2.75, 3.05) is 39.1 Å². The summed E-state index contributed by atoms with van der Waals surface area (Å²) < 4.78 is 31.3. The number of hydrogen-bond donors (Lipinski definition) is 1. The van der Waals surface area contributed by atoms with E-state index < -0.39 is 10.0 Å². The first-order valence-corrected chi connectivity index (χ1v) is 8.29. The molecule has 0 spiro atoms. The number of rotatable bonds is 7. The molecule has 0 radical (unpaired) electrons. The Labute approximate surface area is 111 Å². The maximum absolute atomic E-state index is 11.8. The molecule has 6 heteroatoms. The summed E-state index contributed by atoms with van der Waals surface area (Å²) in [6, 6.07) is -0.0169. The second-order valence-electron chi connectivity index (χ2n) is 5.33. The molecule has 1 N–H and O–H groups in total. The van der Waals surface area contributed by atoms with Crippen LogP contribution in [0.2, 0.25) is 0 Å². The second-order valence-corrected chi connectivity index (χ2v) is 7.13. The molecule has 1 aliphatic rings. The zero-order valence-electron chi connectivity index (χ0n) is 11.7. The largest absolute Gasteiger partial charge is 0.383 e. The summed E-state index contributed by atoms with van der Waals surface area (Å²) in [5, 5.41) is 0. The molecule has 1 saturated heterocycles. The first kappa shape index (κ1) is 15.9. The summed E-state index contributed by atoms with van der Waals surface area (Å²) in [4.78, 5) is 2.34. The molecule has 0 aromatic heterocycles. The Morgan fingerprint density at radius 1 is 1.33 bits per heavy atom. The van der Waals surface area contributed by atoms with Crippen LogP contribution in [0.1, 0.15) is 26.7 Å². The highest BCUT2D eigenvalue weighted by Gasteiger charge is 2.24. The van der Waals surface area contributed by atoms with Crippen molar-refractivity contribution in [3.8, 4) is 0 Å². The van der Waals surface area contributed by atoms with Crippen LogP contribution < -0.4 is 4.72 Å². The highest BCUT2D eigenvalue weighted by Crippen LogP contribution is 2.18. The lowest BCUT2D eigenvalue weighted by Gasteiger charge is -2.31. The smallest absolute Gasteiger partial charge is 0.212 e. The van der Waals surface area contributed by atoms with E-state index in [1.807, 2.05) is 13.8 Å². The van der Waals surface area contributed by atoms with Crippen molar-refractivity contribution in [2.45, 2.75) is 32.7 Å². The van der Waals surface area contributed by atoms with Gasteiger partial charge in [-0.2, -0.15) is 0 Å². The fraction of sp³-hybridized carbons (Fsp3) is 1.00. The number of hydrogen-bond acceptors (Lipinski definition) is 4. The van der Waals surface area contributed by atoms with E-state index in [0.717, 1.165) is 39.1 Å². The van der Waals surface area contributed by atoms with E-state index in [1.165, 1.54) is 0 Å². The van der Waals surface area contributed by atoms with Crippen LogP contribution >= 0.6 is 0 Å². The molecule has 0 unspecified atom stereocenters. The van der Waals surface area contributed by atoms with Crippen molar-refractivity contribution >= 4 is 10.0 Å². The summed E-state index contributed by atoms with van der Waals surface area (Å²) in [6.07, 6.45) is 1.92. The Hall–Kier alpha value is -0.170. The molecule has 1 aliphatic heterocycles. The van der Waals surface area contributed by atoms with Crippen LogP contribution in [-0.4, -0.2) is 58.5 Å². The minimum absolute atomic E-state index is 0.0169. The minimum Gasteiger partial charge on any atom is -0.383 e. The molecule has 18 heavy (non-hydrogen) atoms. The number of nitrogens with zero attached hydrogens (tertiary/aromatic N) is 1. The quantitative estimate of drug-likeness (QED) is 0.744. The van der Waals surface area contributed by atoms with E-state index >= 15 is 0 Å². The van der Waals surface area contributed by atoms with E-state index in [2.05, 4.69) is 9.62 Å². The van der Waals surface area contributed by atoms with Gasteiger partial charge in [0.05, 0.1) is 12.4 Å². The average Bonchev–Trinajstić information content (AvgIpc) is 2.26. The van der Waals surface area contributed by atoms with Crippen molar-refractivity contribution in [2.24, 2.45) is 5.92 Å². The van der Waals surface area contributed by atoms with Gasteiger partial charge in [-0.1, -0.05) is 0 Å². The van der Waals surface area contributed by atoms with Crippen LogP contribution in [0, 0.1) is 5.92 Å². The van der Waals surface area contributed by atoms with Crippen LogP contribution in [0.5, 0.6) is 0 Å². The number of piperidine rings is 1. The first-order valence-electron chi connectivity index (χ1n) is 6.64. The van der Waals surface area contributed by atoms with Gasteiger partial charge < -0.3 is 9.64 Å². The minimum atomic E-state index is -3.11. The van der Waals surface area contributed by atoms with Gasteiger partial charge in [0.1, 0.15) is 0 Å². The van der Waals surface area contributed by atoms with Gasteiger partial charge in [-0.3, -0.25) is 0 Å². The molecule has 108 valence electrons. The summed E-state index contributed by atoms with van der Waals surface area (Å²) in [5.41, 5.74) is 0. The van der Waals surface area contributed by atoms with Crippen molar-refractivity contribution in [3.63, 3.8) is 0 Å². The van der Waals surface area contributed by atoms with Gasteiger partial charge in [-0.15, -0.1) is 0 Å². The number of ether oxygens (including phenoxy) is 1. The predicted molar refractivity (Wildman–Crippen MR) is 73.1 cm³/mol. The molecular formula is C12H26N2O3S. The Bertz CT molecular complexity index is 322. The van der Waals surface area contributed by atoms with Gasteiger partial charge in [-0.05, 0) is 45.7 Å². The highest BCUT2D eigenvalue weighted by atomic mass is 32.2. The lowest BCUT2D eigenvalue weighted by atomic mass is 9.99. The lowest BCUT2D eigenvalue weighted by molar-refractivity contribution is 0.123. The highest BCUT2D eigenvalue weighted by molar-refractivity contribution is 7.89. The Kier molecular flexibility index (Phi) is 6.55.